The second kappa shape index (κ2) is 5.77. The molecule has 2 N–H and O–H groups in total. The minimum Gasteiger partial charge on any atom is -0.324 e. The maximum Gasteiger partial charge on any atom is 0.245 e. The molecular formula is C15H22N2O3S. The van der Waals surface area contributed by atoms with E-state index in [-0.39, 0.29) is 0 Å². The summed E-state index contributed by atoms with van der Waals surface area (Å²) in [6.45, 7) is 4.95. The Morgan fingerprint density at radius 1 is 1.24 bits per heavy atom. The molecule has 1 aromatic rings. The molecule has 1 heterocycles. The van der Waals surface area contributed by atoms with Crippen molar-refractivity contribution in [1.82, 2.24) is 5.32 Å². The first kappa shape index (κ1) is 16.0. The van der Waals surface area contributed by atoms with E-state index in [0.717, 1.165) is 17.4 Å². The lowest BCUT2D eigenvalue weighted by atomic mass is 9.95. The summed E-state index contributed by atoms with van der Waals surface area (Å²) in [5.74, 6) is -0.418. The van der Waals surface area contributed by atoms with E-state index in [1.807, 2.05) is 32.0 Å². The second-order valence-corrected chi connectivity index (χ2v) is 8.11. The molecule has 5 nitrogen and oxygen atoms in total. The van der Waals surface area contributed by atoms with E-state index >= 15 is 0 Å². The maximum atomic E-state index is 12.7. The van der Waals surface area contributed by atoms with Crippen molar-refractivity contribution in [2.24, 2.45) is 0 Å². The molecule has 0 unspecified atom stereocenters. The monoisotopic (exact) mass is 310 g/mol. The summed E-state index contributed by atoms with van der Waals surface area (Å²) in [6.07, 6.45) is 1.77. The number of nitrogens with one attached hydrogen (secondary N) is 2. The highest BCUT2D eigenvalue weighted by Gasteiger charge is 2.48. The van der Waals surface area contributed by atoms with Gasteiger partial charge in [0, 0.05) is 11.9 Å². The molecule has 1 aromatic carbocycles. The van der Waals surface area contributed by atoms with Gasteiger partial charge in [0.1, 0.15) is 0 Å². The van der Waals surface area contributed by atoms with Crippen molar-refractivity contribution in [1.29, 1.82) is 0 Å². The molecule has 2 rings (SSSR count). The summed E-state index contributed by atoms with van der Waals surface area (Å²) in [7, 11) is -3.48. The Morgan fingerprint density at radius 2 is 1.86 bits per heavy atom. The fourth-order valence-corrected chi connectivity index (χ4v) is 4.12. The lowest BCUT2D eigenvalue weighted by Crippen LogP contribution is -2.55. The van der Waals surface area contributed by atoms with Crippen molar-refractivity contribution in [2.45, 2.75) is 31.4 Å². The molecule has 0 atom stereocenters. The van der Waals surface area contributed by atoms with Gasteiger partial charge in [0.25, 0.3) is 0 Å². The van der Waals surface area contributed by atoms with E-state index in [2.05, 4.69) is 10.6 Å². The number of carbonyl (C=O) groups is 1. The minimum atomic E-state index is -3.48. The Morgan fingerprint density at radius 3 is 2.38 bits per heavy atom. The van der Waals surface area contributed by atoms with Crippen molar-refractivity contribution < 1.29 is 13.2 Å². The third-order valence-corrected chi connectivity index (χ3v) is 6.18. The molecule has 0 aromatic heterocycles. The van der Waals surface area contributed by atoms with Crippen LogP contribution in [0.25, 0.3) is 0 Å². The quantitative estimate of drug-likeness (QED) is 0.885. The molecule has 1 fully saturated rings. The van der Waals surface area contributed by atoms with E-state index in [0.29, 0.717) is 31.6 Å². The average molecular weight is 310 g/mol. The van der Waals surface area contributed by atoms with E-state index in [1.54, 1.807) is 0 Å². The number of aryl methyl sites for hydroxylation is 2. The fourth-order valence-electron chi connectivity index (χ4n) is 2.79. The summed E-state index contributed by atoms with van der Waals surface area (Å²) < 4.78 is 23.1. The van der Waals surface area contributed by atoms with Gasteiger partial charge < -0.3 is 10.6 Å². The zero-order valence-electron chi connectivity index (χ0n) is 12.7. The molecule has 1 saturated heterocycles. The highest BCUT2D eigenvalue weighted by atomic mass is 32.2. The third kappa shape index (κ3) is 3.11. The highest BCUT2D eigenvalue weighted by Crippen LogP contribution is 2.30. The van der Waals surface area contributed by atoms with Gasteiger partial charge >= 0.3 is 0 Å². The molecule has 0 saturated carbocycles. The molecule has 0 spiro atoms. The van der Waals surface area contributed by atoms with Crippen LogP contribution in [-0.4, -0.2) is 38.4 Å². The van der Waals surface area contributed by atoms with Gasteiger partial charge in [0.2, 0.25) is 5.91 Å². The van der Waals surface area contributed by atoms with Gasteiger partial charge in [-0.3, -0.25) is 4.79 Å². The topological polar surface area (TPSA) is 75.3 Å². The smallest absolute Gasteiger partial charge is 0.245 e. The van der Waals surface area contributed by atoms with Crippen LogP contribution in [0.1, 0.15) is 24.0 Å². The number of piperidine rings is 1. The molecule has 1 aliphatic rings. The van der Waals surface area contributed by atoms with Gasteiger partial charge in [-0.1, -0.05) is 17.7 Å². The predicted molar refractivity (Wildman–Crippen MR) is 84.2 cm³/mol. The number of amides is 1. The van der Waals surface area contributed by atoms with Crippen LogP contribution in [0.2, 0.25) is 0 Å². The lowest BCUT2D eigenvalue weighted by molar-refractivity contribution is -0.119. The normalized spacial score (nSPS) is 18.2. The first-order valence-corrected chi connectivity index (χ1v) is 8.94. The summed E-state index contributed by atoms with van der Waals surface area (Å²) in [4.78, 5) is 12.7. The number of anilines is 1. The van der Waals surface area contributed by atoms with E-state index in [1.165, 1.54) is 0 Å². The van der Waals surface area contributed by atoms with Crippen LogP contribution in [0.4, 0.5) is 5.69 Å². The Balaban J connectivity index is 2.31. The molecule has 21 heavy (non-hydrogen) atoms. The standard InChI is InChI=1S/C15H22N2O3S/c1-11-4-5-13(12(2)10-11)17-14(18)15(21(3,19)20)6-8-16-9-7-15/h4-5,10,16H,6-9H2,1-3H3,(H,17,18). The van der Waals surface area contributed by atoms with Gasteiger partial charge in [-0.05, 0) is 51.4 Å². The van der Waals surface area contributed by atoms with Crippen LogP contribution in [0, 0.1) is 13.8 Å². The van der Waals surface area contributed by atoms with E-state index in [4.69, 9.17) is 0 Å². The van der Waals surface area contributed by atoms with Crippen LogP contribution < -0.4 is 10.6 Å². The molecule has 116 valence electrons. The zero-order chi connectivity index (χ0) is 15.7. The molecule has 1 aliphatic heterocycles. The minimum absolute atomic E-state index is 0.308. The van der Waals surface area contributed by atoms with Crippen LogP contribution in [0.15, 0.2) is 18.2 Å². The van der Waals surface area contributed by atoms with Crippen LogP contribution in [0.3, 0.4) is 0 Å². The Labute approximate surface area is 126 Å². The largest absolute Gasteiger partial charge is 0.324 e. The number of carbonyl (C=O) groups excluding carboxylic acids is 1. The SMILES string of the molecule is Cc1ccc(NC(=O)C2(S(C)(=O)=O)CCNCC2)c(C)c1. The van der Waals surface area contributed by atoms with Crippen LogP contribution in [0.5, 0.6) is 0 Å². The fraction of sp³-hybridized carbons (Fsp3) is 0.533. The predicted octanol–water partition coefficient (Wildman–Crippen LogP) is 1.41. The Kier molecular flexibility index (Phi) is 4.39. The van der Waals surface area contributed by atoms with Crippen LogP contribution in [-0.2, 0) is 14.6 Å². The van der Waals surface area contributed by atoms with Crippen molar-refractivity contribution in [2.75, 3.05) is 24.7 Å². The molecule has 0 aliphatic carbocycles. The van der Waals surface area contributed by atoms with Gasteiger partial charge in [-0.15, -0.1) is 0 Å². The highest BCUT2D eigenvalue weighted by molar-refractivity contribution is 7.92. The zero-order valence-corrected chi connectivity index (χ0v) is 13.5. The first-order valence-electron chi connectivity index (χ1n) is 7.05. The average Bonchev–Trinajstić information content (AvgIpc) is 2.41. The third-order valence-electron chi connectivity index (χ3n) is 4.16. The van der Waals surface area contributed by atoms with Gasteiger partial charge in [-0.2, -0.15) is 0 Å². The molecule has 1 amide bonds. The van der Waals surface area contributed by atoms with Crippen molar-refractivity contribution in [3.8, 4) is 0 Å². The molecule has 0 radical (unpaired) electrons. The summed E-state index contributed by atoms with van der Waals surface area (Å²) in [5.41, 5.74) is 2.71. The number of rotatable bonds is 3. The van der Waals surface area contributed by atoms with E-state index < -0.39 is 20.5 Å². The van der Waals surface area contributed by atoms with Crippen molar-refractivity contribution in [3.05, 3.63) is 29.3 Å². The lowest BCUT2D eigenvalue weighted by Gasteiger charge is -2.34. The van der Waals surface area contributed by atoms with E-state index in [9.17, 15) is 13.2 Å². The first-order chi connectivity index (χ1) is 9.76. The van der Waals surface area contributed by atoms with Crippen molar-refractivity contribution >= 4 is 21.4 Å². The number of benzene rings is 1. The summed E-state index contributed by atoms with van der Waals surface area (Å²) >= 11 is 0. The summed E-state index contributed by atoms with van der Waals surface area (Å²) in [6, 6.07) is 5.68. The number of hydrogen-bond donors (Lipinski definition) is 2. The summed E-state index contributed by atoms with van der Waals surface area (Å²) in [5, 5.41) is 5.91. The van der Waals surface area contributed by atoms with Crippen molar-refractivity contribution in [3.63, 3.8) is 0 Å². The molecular weight excluding hydrogens is 288 g/mol. The Hall–Kier alpha value is -1.40. The number of sulfone groups is 1. The van der Waals surface area contributed by atoms with Crippen LogP contribution >= 0.6 is 0 Å². The van der Waals surface area contributed by atoms with Gasteiger partial charge in [-0.25, -0.2) is 8.42 Å². The molecule has 0 bridgehead atoms. The Bertz CT molecular complexity index is 647. The van der Waals surface area contributed by atoms with Gasteiger partial charge in [0.05, 0.1) is 0 Å². The molecule has 6 heteroatoms. The second-order valence-electron chi connectivity index (χ2n) is 5.79. The number of hydrogen-bond acceptors (Lipinski definition) is 4. The van der Waals surface area contributed by atoms with Gasteiger partial charge in [0.15, 0.2) is 14.6 Å². The maximum absolute atomic E-state index is 12.7.